The van der Waals surface area contributed by atoms with Gasteiger partial charge in [-0.05, 0) is 170 Å². The van der Waals surface area contributed by atoms with E-state index in [0.29, 0.717) is 5.56 Å². The van der Waals surface area contributed by atoms with Crippen molar-refractivity contribution in [2.75, 3.05) is 4.90 Å². The Labute approximate surface area is 396 Å². The van der Waals surface area contributed by atoms with Crippen molar-refractivity contribution in [3.63, 3.8) is 0 Å². The van der Waals surface area contributed by atoms with Gasteiger partial charge in [0.15, 0.2) is 0 Å². The molecule has 13 rings (SSSR count). The van der Waals surface area contributed by atoms with Crippen LogP contribution in [0.5, 0.6) is 0 Å². The molecule has 2 nitrogen and oxygen atoms in total. The molecule has 0 fully saturated rings. The Morgan fingerprint density at radius 2 is 0.809 bits per heavy atom. The van der Waals surface area contributed by atoms with Gasteiger partial charge in [0.05, 0.1) is 11.6 Å². The maximum atomic E-state index is 9.66. The van der Waals surface area contributed by atoms with Crippen LogP contribution >= 0.6 is 0 Å². The second-order valence-corrected chi connectivity index (χ2v) is 18.8. The highest BCUT2D eigenvalue weighted by atomic mass is 15.1. The lowest BCUT2D eigenvalue weighted by molar-refractivity contribution is 0.660. The Kier molecular flexibility index (Phi) is 8.97. The lowest BCUT2D eigenvalue weighted by Gasteiger charge is -2.28. The van der Waals surface area contributed by atoms with E-state index in [1.807, 2.05) is 12.1 Å². The monoisotopic (exact) mass is 864 g/mol. The quantitative estimate of drug-likeness (QED) is 0.156. The summed E-state index contributed by atoms with van der Waals surface area (Å²) in [4.78, 5) is 2.32. The van der Waals surface area contributed by atoms with Crippen molar-refractivity contribution < 1.29 is 0 Å². The van der Waals surface area contributed by atoms with Crippen molar-refractivity contribution >= 4 is 70.9 Å². The molecule has 0 N–H and O–H groups in total. The summed E-state index contributed by atoms with van der Waals surface area (Å²) in [5, 5.41) is 22.0. The molecule has 0 unspecified atom stereocenters. The summed E-state index contributed by atoms with van der Waals surface area (Å²) >= 11 is 0. The number of rotatable bonds is 6. The van der Waals surface area contributed by atoms with E-state index in [1.54, 1.807) is 0 Å². The highest BCUT2D eigenvalue weighted by molar-refractivity contribution is 6.25. The third-order valence-corrected chi connectivity index (χ3v) is 14.6. The van der Waals surface area contributed by atoms with Crippen molar-refractivity contribution in [1.29, 1.82) is 5.26 Å². The van der Waals surface area contributed by atoms with Crippen LogP contribution in [0.25, 0.3) is 98.4 Å². The maximum Gasteiger partial charge on any atom is 0.0991 e. The molecule has 12 aromatic carbocycles. The van der Waals surface area contributed by atoms with Crippen molar-refractivity contribution in [2.24, 2.45) is 0 Å². The molecule has 0 radical (unpaired) electrons. The van der Waals surface area contributed by atoms with Crippen LogP contribution in [0, 0.1) is 11.3 Å². The lowest BCUT2D eigenvalue weighted by atomic mass is 9.80. The predicted molar refractivity (Wildman–Crippen MR) is 287 cm³/mol. The summed E-state index contributed by atoms with van der Waals surface area (Å²) in [6, 6.07) is 86.6. The molecule has 318 valence electrons. The van der Waals surface area contributed by atoms with E-state index >= 15 is 0 Å². The Balaban J connectivity index is 0.983. The molecule has 1 aliphatic carbocycles. The number of fused-ring (bicyclic) bond motifs is 8. The van der Waals surface area contributed by atoms with Gasteiger partial charge in [0.1, 0.15) is 0 Å². The highest BCUT2D eigenvalue weighted by Gasteiger charge is 2.36. The number of benzene rings is 12. The molecular formula is C66H44N2. The average molecular weight is 865 g/mol. The van der Waals surface area contributed by atoms with Gasteiger partial charge >= 0.3 is 0 Å². The van der Waals surface area contributed by atoms with Gasteiger partial charge in [0.2, 0.25) is 0 Å². The van der Waals surface area contributed by atoms with Crippen LogP contribution in [0.15, 0.2) is 231 Å². The fourth-order valence-corrected chi connectivity index (χ4v) is 11.3. The minimum Gasteiger partial charge on any atom is -0.310 e. The van der Waals surface area contributed by atoms with E-state index in [2.05, 4.69) is 243 Å². The summed E-state index contributed by atoms with van der Waals surface area (Å²) in [6.45, 7) is 4.74. The molecule has 68 heavy (non-hydrogen) atoms. The fourth-order valence-electron chi connectivity index (χ4n) is 11.3. The van der Waals surface area contributed by atoms with E-state index in [4.69, 9.17) is 0 Å². The first-order valence-corrected chi connectivity index (χ1v) is 23.5. The van der Waals surface area contributed by atoms with Crippen molar-refractivity contribution in [3.05, 3.63) is 247 Å². The minimum absolute atomic E-state index is 0.279. The lowest BCUT2D eigenvalue weighted by Crippen LogP contribution is -2.16. The first-order chi connectivity index (χ1) is 33.4. The maximum absolute atomic E-state index is 9.66. The summed E-state index contributed by atoms with van der Waals surface area (Å²) in [6.07, 6.45) is 0. The van der Waals surface area contributed by atoms with Crippen LogP contribution in [0.2, 0.25) is 0 Å². The van der Waals surface area contributed by atoms with E-state index in [1.165, 1.54) is 109 Å². The van der Waals surface area contributed by atoms with Gasteiger partial charge in [0.25, 0.3) is 0 Å². The largest absolute Gasteiger partial charge is 0.310 e. The minimum atomic E-state index is -0.279. The normalized spacial score (nSPS) is 12.7. The third-order valence-electron chi connectivity index (χ3n) is 14.6. The Bertz CT molecular complexity index is 4060. The molecule has 2 heteroatoms. The second-order valence-electron chi connectivity index (χ2n) is 18.8. The van der Waals surface area contributed by atoms with E-state index in [9.17, 15) is 5.26 Å². The van der Waals surface area contributed by atoms with E-state index in [-0.39, 0.29) is 5.41 Å². The number of nitriles is 1. The van der Waals surface area contributed by atoms with Crippen LogP contribution in [0.1, 0.15) is 30.5 Å². The van der Waals surface area contributed by atoms with Crippen molar-refractivity contribution in [2.45, 2.75) is 19.3 Å². The summed E-state index contributed by atoms with van der Waals surface area (Å²) in [7, 11) is 0. The van der Waals surface area contributed by atoms with Crippen LogP contribution in [-0.2, 0) is 5.41 Å². The Hall–Kier alpha value is -8.77. The Morgan fingerprint density at radius 1 is 0.338 bits per heavy atom. The van der Waals surface area contributed by atoms with Gasteiger partial charge in [0, 0.05) is 22.5 Å². The Morgan fingerprint density at radius 3 is 1.47 bits per heavy atom. The standard InChI is InChI=1S/C66H44N2/c1-66(2)62-39-48(28-34-54(62)55-36-33-51(40-63(55)66)68(49-30-25-42(41-67)26-31-49)50-32-27-43-13-3-4-16-46(43)37-50)47-29-35-60-61(38-47)65(57-24-12-18-45-15-6-8-20-53(45)57)59-22-10-9-21-58(59)64(60)56-23-11-17-44-14-5-7-19-52(44)56/h3-40H,1-2H3. The SMILES string of the molecule is CC1(C)c2cc(-c3ccc4c(-c5cccc6ccccc56)c5ccccc5c(-c5cccc6ccccc56)c4c3)ccc2-c2ccc(N(c3ccc(C#N)cc3)c3ccc4ccccc4c3)cc21. The molecule has 0 aliphatic heterocycles. The molecular weight excluding hydrogens is 821 g/mol. The molecule has 0 amide bonds. The zero-order chi connectivity index (χ0) is 45.5. The van der Waals surface area contributed by atoms with Gasteiger partial charge in [-0.25, -0.2) is 0 Å². The van der Waals surface area contributed by atoms with Crippen molar-refractivity contribution in [3.8, 4) is 50.6 Å². The first kappa shape index (κ1) is 39.6. The molecule has 0 spiro atoms. The molecule has 0 aromatic heterocycles. The molecule has 0 saturated heterocycles. The summed E-state index contributed by atoms with van der Waals surface area (Å²) in [5.41, 5.74) is 16.1. The third kappa shape index (κ3) is 6.17. The van der Waals surface area contributed by atoms with Crippen LogP contribution in [0.3, 0.4) is 0 Å². The second kappa shape index (κ2) is 15.4. The highest BCUT2D eigenvalue weighted by Crippen LogP contribution is 2.53. The number of hydrogen-bond donors (Lipinski definition) is 0. The zero-order valence-electron chi connectivity index (χ0n) is 37.8. The van der Waals surface area contributed by atoms with Gasteiger partial charge in [-0.15, -0.1) is 0 Å². The number of anilines is 3. The molecule has 0 heterocycles. The first-order valence-electron chi connectivity index (χ1n) is 23.5. The topological polar surface area (TPSA) is 27.0 Å². The number of hydrogen-bond acceptors (Lipinski definition) is 2. The molecule has 0 atom stereocenters. The average Bonchev–Trinajstić information content (AvgIpc) is 3.62. The van der Waals surface area contributed by atoms with Crippen LogP contribution in [-0.4, -0.2) is 0 Å². The van der Waals surface area contributed by atoms with Crippen LogP contribution in [0.4, 0.5) is 17.1 Å². The van der Waals surface area contributed by atoms with E-state index in [0.717, 1.165) is 17.1 Å². The van der Waals surface area contributed by atoms with Gasteiger partial charge in [-0.3, -0.25) is 0 Å². The molecule has 0 bridgehead atoms. The van der Waals surface area contributed by atoms with E-state index < -0.39 is 0 Å². The van der Waals surface area contributed by atoms with Crippen molar-refractivity contribution in [1.82, 2.24) is 0 Å². The smallest absolute Gasteiger partial charge is 0.0991 e. The van der Waals surface area contributed by atoms with Gasteiger partial charge < -0.3 is 4.90 Å². The summed E-state index contributed by atoms with van der Waals surface area (Å²) in [5.74, 6) is 0. The molecule has 1 aliphatic rings. The summed E-state index contributed by atoms with van der Waals surface area (Å²) < 4.78 is 0. The predicted octanol–water partition coefficient (Wildman–Crippen LogP) is 18.1. The van der Waals surface area contributed by atoms with Gasteiger partial charge in [-0.2, -0.15) is 5.26 Å². The van der Waals surface area contributed by atoms with Gasteiger partial charge in [-0.1, -0.05) is 184 Å². The molecule has 0 saturated carbocycles. The zero-order valence-corrected chi connectivity index (χ0v) is 37.8. The number of nitrogens with zero attached hydrogens (tertiary/aromatic N) is 2. The van der Waals surface area contributed by atoms with Crippen LogP contribution < -0.4 is 4.90 Å². The molecule has 12 aromatic rings. The fraction of sp³-hybridized carbons (Fsp3) is 0.0455.